The van der Waals surface area contributed by atoms with E-state index in [-0.39, 0.29) is 0 Å². The van der Waals surface area contributed by atoms with Crippen LogP contribution in [0.25, 0.3) is 0 Å². The summed E-state index contributed by atoms with van der Waals surface area (Å²) in [7, 11) is 0. The molecule has 0 aliphatic heterocycles. The summed E-state index contributed by atoms with van der Waals surface area (Å²) in [4.78, 5) is 10.8. The van der Waals surface area contributed by atoms with Gasteiger partial charge in [0.15, 0.2) is 5.72 Å². The SMILES string of the molecule is NC(=O)OC1(N)CCCc2ccccc21. The standard InChI is InChI=1S/C11H14N2O2/c12-10(14)15-11(13)7-3-5-8-4-1-2-6-9(8)11/h1-2,4,6H,3,5,7,13H2,(H2,12,14). The van der Waals surface area contributed by atoms with Crippen LogP contribution in [-0.2, 0) is 16.9 Å². The van der Waals surface area contributed by atoms with E-state index in [2.05, 4.69) is 0 Å². The van der Waals surface area contributed by atoms with E-state index in [0.717, 1.165) is 24.0 Å². The molecule has 0 aromatic heterocycles. The van der Waals surface area contributed by atoms with Crippen LogP contribution >= 0.6 is 0 Å². The monoisotopic (exact) mass is 206 g/mol. The quantitative estimate of drug-likeness (QED) is 0.678. The van der Waals surface area contributed by atoms with E-state index < -0.39 is 11.8 Å². The van der Waals surface area contributed by atoms with E-state index in [4.69, 9.17) is 16.2 Å². The third-order valence-corrected chi connectivity index (χ3v) is 2.75. The normalized spacial score (nSPS) is 24.3. The Balaban J connectivity index is 2.40. The fourth-order valence-corrected chi connectivity index (χ4v) is 2.11. The molecule has 4 nitrogen and oxygen atoms in total. The van der Waals surface area contributed by atoms with E-state index in [9.17, 15) is 4.79 Å². The molecule has 0 saturated heterocycles. The molecule has 1 unspecified atom stereocenters. The van der Waals surface area contributed by atoms with Crippen molar-refractivity contribution in [1.29, 1.82) is 0 Å². The smallest absolute Gasteiger partial charge is 0.406 e. The van der Waals surface area contributed by atoms with Crippen molar-refractivity contribution in [2.24, 2.45) is 11.5 Å². The van der Waals surface area contributed by atoms with E-state index >= 15 is 0 Å². The molecular weight excluding hydrogens is 192 g/mol. The van der Waals surface area contributed by atoms with Crippen LogP contribution in [0.3, 0.4) is 0 Å². The van der Waals surface area contributed by atoms with Gasteiger partial charge in [-0.25, -0.2) is 4.79 Å². The maximum atomic E-state index is 10.8. The van der Waals surface area contributed by atoms with Crippen LogP contribution in [0, 0.1) is 0 Å². The number of fused-ring (bicyclic) bond motifs is 1. The highest BCUT2D eigenvalue weighted by atomic mass is 16.6. The summed E-state index contributed by atoms with van der Waals surface area (Å²) >= 11 is 0. The predicted molar refractivity (Wildman–Crippen MR) is 55.9 cm³/mol. The molecule has 0 spiro atoms. The molecule has 1 aliphatic carbocycles. The van der Waals surface area contributed by atoms with Crippen LogP contribution in [-0.4, -0.2) is 6.09 Å². The van der Waals surface area contributed by atoms with Gasteiger partial charge < -0.3 is 10.5 Å². The summed E-state index contributed by atoms with van der Waals surface area (Å²) in [5.74, 6) is 0. The lowest BCUT2D eigenvalue weighted by Crippen LogP contribution is -2.45. The molecule has 0 fully saturated rings. The third kappa shape index (κ3) is 1.80. The van der Waals surface area contributed by atoms with Gasteiger partial charge in [0, 0.05) is 12.0 Å². The first-order valence-corrected chi connectivity index (χ1v) is 4.97. The molecule has 1 aliphatic rings. The minimum absolute atomic E-state index is 0.618. The second-order valence-electron chi connectivity index (χ2n) is 3.82. The number of amides is 1. The Hall–Kier alpha value is -1.55. The number of nitrogens with two attached hydrogens (primary N) is 2. The van der Waals surface area contributed by atoms with Crippen molar-refractivity contribution in [2.45, 2.75) is 25.0 Å². The summed E-state index contributed by atoms with van der Waals surface area (Å²) in [5, 5.41) is 0. The van der Waals surface area contributed by atoms with Gasteiger partial charge in [0.1, 0.15) is 0 Å². The lowest BCUT2D eigenvalue weighted by molar-refractivity contribution is 0.00409. The summed E-state index contributed by atoms with van der Waals surface area (Å²) < 4.78 is 5.02. The second kappa shape index (κ2) is 3.55. The van der Waals surface area contributed by atoms with Gasteiger partial charge in [0.05, 0.1) is 0 Å². The number of rotatable bonds is 1. The van der Waals surface area contributed by atoms with Gasteiger partial charge in [0.2, 0.25) is 0 Å². The van der Waals surface area contributed by atoms with Crippen LogP contribution < -0.4 is 11.5 Å². The Bertz CT molecular complexity index is 392. The largest absolute Gasteiger partial charge is 0.424 e. The van der Waals surface area contributed by atoms with Gasteiger partial charge in [-0.05, 0) is 18.4 Å². The number of hydrogen-bond acceptors (Lipinski definition) is 3. The molecule has 4 heteroatoms. The summed E-state index contributed by atoms with van der Waals surface area (Å²) in [6, 6.07) is 7.73. The molecule has 0 radical (unpaired) electrons. The highest BCUT2D eigenvalue weighted by Crippen LogP contribution is 2.33. The molecule has 0 bridgehead atoms. The summed E-state index contributed by atoms with van der Waals surface area (Å²) in [6.07, 6.45) is 1.67. The number of carbonyl (C=O) groups is 1. The Labute approximate surface area is 88.2 Å². The summed E-state index contributed by atoms with van der Waals surface area (Å²) in [5.41, 5.74) is 12.0. The van der Waals surface area contributed by atoms with Crippen molar-refractivity contribution in [3.8, 4) is 0 Å². The zero-order chi connectivity index (χ0) is 10.9. The van der Waals surface area contributed by atoms with Crippen molar-refractivity contribution in [2.75, 3.05) is 0 Å². The van der Waals surface area contributed by atoms with Gasteiger partial charge in [0.25, 0.3) is 0 Å². The van der Waals surface area contributed by atoms with E-state index in [0.29, 0.717) is 6.42 Å². The van der Waals surface area contributed by atoms with Crippen molar-refractivity contribution in [3.05, 3.63) is 35.4 Å². The fraction of sp³-hybridized carbons (Fsp3) is 0.364. The van der Waals surface area contributed by atoms with Gasteiger partial charge in [-0.1, -0.05) is 24.3 Å². The molecule has 1 amide bonds. The number of ether oxygens (including phenoxy) is 1. The van der Waals surface area contributed by atoms with Gasteiger partial charge in [-0.3, -0.25) is 5.73 Å². The lowest BCUT2D eigenvalue weighted by Gasteiger charge is -2.34. The molecule has 0 saturated carbocycles. The molecule has 15 heavy (non-hydrogen) atoms. The van der Waals surface area contributed by atoms with Crippen LogP contribution in [0.4, 0.5) is 4.79 Å². The Morgan fingerprint density at radius 3 is 2.87 bits per heavy atom. The first-order chi connectivity index (χ1) is 7.12. The van der Waals surface area contributed by atoms with Crippen molar-refractivity contribution < 1.29 is 9.53 Å². The van der Waals surface area contributed by atoms with E-state index in [1.807, 2.05) is 24.3 Å². The summed E-state index contributed by atoms with van der Waals surface area (Å²) in [6.45, 7) is 0. The zero-order valence-corrected chi connectivity index (χ0v) is 8.40. The van der Waals surface area contributed by atoms with Gasteiger partial charge in [-0.2, -0.15) is 0 Å². The highest BCUT2D eigenvalue weighted by molar-refractivity contribution is 5.65. The first kappa shape index (κ1) is 9.98. The minimum atomic E-state index is -1.04. The lowest BCUT2D eigenvalue weighted by atomic mass is 9.85. The van der Waals surface area contributed by atoms with Crippen LogP contribution in [0.15, 0.2) is 24.3 Å². The fourth-order valence-electron chi connectivity index (χ4n) is 2.11. The maximum Gasteiger partial charge on any atom is 0.406 e. The topological polar surface area (TPSA) is 78.3 Å². The highest BCUT2D eigenvalue weighted by Gasteiger charge is 2.35. The van der Waals surface area contributed by atoms with Crippen LogP contribution in [0.2, 0.25) is 0 Å². The van der Waals surface area contributed by atoms with Crippen molar-refractivity contribution >= 4 is 6.09 Å². The zero-order valence-electron chi connectivity index (χ0n) is 8.40. The van der Waals surface area contributed by atoms with Gasteiger partial charge >= 0.3 is 6.09 Å². The maximum absolute atomic E-state index is 10.8. The number of primary amides is 1. The Kier molecular flexibility index (Phi) is 2.36. The molecule has 4 N–H and O–H groups in total. The molecule has 2 rings (SSSR count). The second-order valence-corrected chi connectivity index (χ2v) is 3.82. The van der Waals surface area contributed by atoms with Crippen LogP contribution in [0.5, 0.6) is 0 Å². The van der Waals surface area contributed by atoms with E-state index in [1.54, 1.807) is 0 Å². The number of carbonyl (C=O) groups excluding carboxylic acids is 1. The molecule has 0 heterocycles. The van der Waals surface area contributed by atoms with Crippen LogP contribution in [0.1, 0.15) is 24.0 Å². The molecule has 1 aromatic rings. The predicted octanol–water partition coefficient (Wildman–Crippen LogP) is 1.23. The number of aryl methyl sites for hydroxylation is 1. The molecule has 1 atom stereocenters. The first-order valence-electron chi connectivity index (χ1n) is 4.97. The third-order valence-electron chi connectivity index (χ3n) is 2.75. The molecule has 1 aromatic carbocycles. The van der Waals surface area contributed by atoms with Crippen molar-refractivity contribution in [3.63, 3.8) is 0 Å². The minimum Gasteiger partial charge on any atom is -0.424 e. The number of benzene rings is 1. The average Bonchev–Trinajstić information content (AvgIpc) is 2.17. The Morgan fingerprint density at radius 1 is 1.40 bits per heavy atom. The Morgan fingerprint density at radius 2 is 2.13 bits per heavy atom. The average molecular weight is 206 g/mol. The molecule has 80 valence electrons. The molecular formula is C11H14N2O2. The van der Waals surface area contributed by atoms with Crippen molar-refractivity contribution in [1.82, 2.24) is 0 Å². The van der Waals surface area contributed by atoms with E-state index in [1.165, 1.54) is 0 Å². The number of hydrogen-bond donors (Lipinski definition) is 2. The van der Waals surface area contributed by atoms with Gasteiger partial charge in [-0.15, -0.1) is 0 Å².